The summed E-state index contributed by atoms with van der Waals surface area (Å²) >= 11 is 0. The standard InChI is InChI=1S/C11H14N6.ClH/c1-2-4-10(5-3-1)17-11(13-14-15-17)16-8-6-12-7-9-16;/h1-5,12H,6-9H2;1H. The summed E-state index contributed by atoms with van der Waals surface area (Å²) in [5.41, 5.74) is 0.992. The number of benzene rings is 1. The number of nitrogens with zero attached hydrogens (tertiary/aromatic N) is 5. The minimum Gasteiger partial charge on any atom is -0.337 e. The monoisotopic (exact) mass is 266 g/mol. The van der Waals surface area contributed by atoms with Crippen LogP contribution in [-0.2, 0) is 0 Å². The Kier molecular flexibility index (Phi) is 4.11. The molecule has 1 saturated heterocycles. The van der Waals surface area contributed by atoms with Crippen molar-refractivity contribution in [1.29, 1.82) is 0 Å². The second-order valence-electron chi connectivity index (χ2n) is 3.96. The van der Waals surface area contributed by atoms with E-state index >= 15 is 0 Å². The first-order chi connectivity index (χ1) is 8.45. The Bertz CT molecular complexity index is 479. The zero-order valence-corrected chi connectivity index (χ0v) is 10.7. The molecule has 96 valence electrons. The predicted octanol–water partition coefficient (Wildman–Crippen LogP) is 0.494. The molecule has 0 amide bonds. The van der Waals surface area contributed by atoms with Crippen LogP contribution in [0.5, 0.6) is 0 Å². The molecule has 0 aliphatic carbocycles. The molecule has 0 unspecified atom stereocenters. The van der Waals surface area contributed by atoms with Crippen LogP contribution in [0.4, 0.5) is 5.95 Å². The number of nitrogens with one attached hydrogen (secondary N) is 1. The van der Waals surface area contributed by atoms with Gasteiger partial charge in [-0.2, -0.15) is 4.68 Å². The van der Waals surface area contributed by atoms with Gasteiger partial charge in [-0.3, -0.25) is 0 Å². The van der Waals surface area contributed by atoms with E-state index in [1.54, 1.807) is 4.68 Å². The number of para-hydroxylation sites is 1. The van der Waals surface area contributed by atoms with Gasteiger partial charge in [0.2, 0.25) is 5.95 Å². The highest BCUT2D eigenvalue weighted by Crippen LogP contribution is 2.15. The molecule has 7 heteroatoms. The van der Waals surface area contributed by atoms with Gasteiger partial charge >= 0.3 is 0 Å². The highest BCUT2D eigenvalue weighted by atomic mass is 35.5. The van der Waals surface area contributed by atoms with Crippen molar-refractivity contribution in [1.82, 2.24) is 25.5 Å². The van der Waals surface area contributed by atoms with Crippen molar-refractivity contribution in [2.24, 2.45) is 0 Å². The maximum absolute atomic E-state index is 4.12. The molecule has 1 aromatic heterocycles. The quantitative estimate of drug-likeness (QED) is 0.858. The van der Waals surface area contributed by atoms with Crippen LogP contribution in [0.1, 0.15) is 0 Å². The van der Waals surface area contributed by atoms with Gasteiger partial charge in [-0.15, -0.1) is 12.4 Å². The van der Waals surface area contributed by atoms with Crippen molar-refractivity contribution in [2.75, 3.05) is 31.1 Å². The number of halogens is 1. The lowest BCUT2D eigenvalue weighted by Crippen LogP contribution is -2.44. The van der Waals surface area contributed by atoms with Crippen LogP contribution in [0.25, 0.3) is 5.69 Å². The van der Waals surface area contributed by atoms with E-state index < -0.39 is 0 Å². The van der Waals surface area contributed by atoms with E-state index in [0.717, 1.165) is 37.8 Å². The molecule has 0 bridgehead atoms. The number of piperazine rings is 1. The summed E-state index contributed by atoms with van der Waals surface area (Å²) in [7, 11) is 0. The van der Waals surface area contributed by atoms with E-state index in [-0.39, 0.29) is 12.4 Å². The van der Waals surface area contributed by atoms with Crippen molar-refractivity contribution in [3.63, 3.8) is 0 Å². The number of aromatic nitrogens is 4. The molecule has 0 saturated carbocycles. The maximum Gasteiger partial charge on any atom is 0.250 e. The third-order valence-electron chi connectivity index (χ3n) is 2.85. The van der Waals surface area contributed by atoms with Crippen LogP contribution in [0.15, 0.2) is 30.3 Å². The van der Waals surface area contributed by atoms with Gasteiger partial charge in [0.25, 0.3) is 0 Å². The molecular weight excluding hydrogens is 252 g/mol. The summed E-state index contributed by atoms with van der Waals surface area (Å²) in [5, 5.41) is 15.3. The SMILES string of the molecule is Cl.c1ccc(-n2nnnc2N2CCNCC2)cc1. The first kappa shape index (κ1) is 12.8. The van der Waals surface area contributed by atoms with Crippen LogP contribution >= 0.6 is 12.4 Å². The molecule has 0 spiro atoms. The smallest absolute Gasteiger partial charge is 0.250 e. The van der Waals surface area contributed by atoms with Crippen molar-refractivity contribution in [3.8, 4) is 5.69 Å². The van der Waals surface area contributed by atoms with Crippen molar-refractivity contribution in [3.05, 3.63) is 30.3 Å². The van der Waals surface area contributed by atoms with Gasteiger partial charge in [0, 0.05) is 26.2 Å². The lowest BCUT2D eigenvalue weighted by Gasteiger charge is -2.27. The van der Waals surface area contributed by atoms with Crippen molar-refractivity contribution >= 4 is 18.4 Å². The van der Waals surface area contributed by atoms with Crippen molar-refractivity contribution < 1.29 is 0 Å². The number of rotatable bonds is 2. The topological polar surface area (TPSA) is 58.9 Å². The fourth-order valence-electron chi connectivity index (χ4n) is 1.98. The Morgan fingerprint density at radius 3 is 2.50 bits per heavy atom. The zero-order valence-electron chi connectivity index (χ0n) is 9.86. The van der Waals surface area contributed by atoms with Gasteiger partial charge in [0.15, 0.2) is 0 Å². The summed E-state index contributed by atoms with van der Waals surface area (Å²) in [6, 6.07) is 9.96. The summed E-state index contributed by atoms with van der Waals surface area (Å²) in [6.45, 7) is 3.82. The number of anilines is 1. The molecule has 1 aliphatic heterocycles. The second kappa shape index (κ2) is 5.79. The molecule has 18 heavy (non-hydrogen) atoms. The Labute approximate surface area is 111 Å². The highest BCUT2D eigenvalue weighted by molar-refractivity contribution is 5.85. The van der Waals surface area contributed by atoms with Crippen LogP contribution in [0, 0.1) is 0 Å². The molecule has 2 aromatic rings. The van der Waals surface area contributed by atoms with Crippen molar-refractivity contribution in [2.45, 2.75) is 0 Å². The normalized spacial score (nSPS) is 15.2. The third kappa shape index (κ3) is 2.44. The van der Waals surface area contributed by atoms with Crippen LogP contribution in [-0.4, -0.2) is 46.4 Å². The van der Waals surface area contributed by atoms with Gasteiger partial charge in [-0.05, 0) is 22.6 Å². The Morgan fingerprint density at radius 1 is 1.06 bits per heavy atom. The van der Waals surface area contributed by atoms with E-state index in [4.69, 9.17) is 0 Å². The molecule has 0 radical (unpaired) electrons. The average molecular weight is 267 g/mol. The zero-order chi connectivity index (χ0) is 11.5. The Hall–Kier alpha value is -1.66. The first-order valence-electron chi connectivity index (χ1n) is 5.74. The lowest BCUT2D eigenvalue weighted by atomic mass is 10.3. The van der Waals surface area contributed by atoms with Crippen LogP contribution < -0.4 is 10.2 Å². The predicted molar refractivity (Wildman–Crippen MR) is 71.5 cm³/mol. The highest BCUT2D eigenvalue weighted by Gasteiger charge is 2.17. The van der Waals surface area contributed by atoms with E-state index in [1.807, 2.05) is 30.3 Å². The lowest BCUT2D eigenvalue weighted by molar-refractivity contribution is 0.575. The maximum atomic E-state index is 4.12. The number of tetrazole rings is 1. The largest absolute Gasteiger partial charge is 0.337 e. The molecule has 1 N–H and O–H groups in total. The molecule has 1 aliphatic rings. The van der Waals surface area contributed by atoms with E-state index in [0.29, 0.717) is 0 Å². The van der Waals surface area contributed by atoms with E-state index in [9.17, 15) is 0 Å². The molecule has 6 nitrogen and oxygen atoms in total. The first-order valence-corrected chi connectivity index (χ1v) is 5.74. The van der Waals surface area contributed by atoms with E-state index in [2.05, 4.69) is 25.7 Å². The number of hydrogen-bond acceptors (Lipinski definition) is 5. The second-order valence-corrected chi connectivity index (χ2v) is 3.96. The van der Waals surface area contributed by atoms with Gasteiger partial charge in [0.1, 0.15) is 0 Å². The summed E-state index contributed by atoms with van der Waals surface area (Å²) in [5.74, 6) is 0.817. The third-order valence-corrected chi connectivity index (χ3v) is 2.85. The molecule has 1 fully saturated rings. The van der Waals surface area contributed by atoms with Gasteiger partial charge in [-0.1, -0.05) is 23.3 Å². The Balaban J connectivity index is 0.00000120. The molecule has 3 rings (SSSR count). The molecule has 0 atom stereocenters. The molecule has 2 heterocycles. The van der Waals surface area contributed by atoms with Crippen LogP contribution in [0.2, 0.25) is 0 Å². The summed E-state index contributed by atoms with van der Waals surface area (Å²) < 4.78 is 1.78. The Morgan fingerprint density at radius 2 is 1.78 bits per heavy atom. The number of hydrogen-bond donors (Lipinski definition) is 1. The van der Waals surface area contributed by atoms with Gasteiger partial charge in [0.05, 0.1) is 5.69 Å². The summed E-state index contributed by atoms with van der Waals surface area (Å²) in [6.07, 6.45) is 0. The fourth-order valence-corrected chi connectivity index (χ4v) is 1.98. The van der Waals surface area contributed by atoms with Crippen LogP contribution in [0.3, 0.4) is 0 Å². The average Bonchev–Trinajstić information content (AvgIpc) is 2.90. The summed E-state index contributed by atoms with van der Waals surface area (Å²) in [4.78, 5) is 2.20. The minimum atomic E-state index is 0. The molecular formula is C11H15ClN6. The molecule has 1 aromatic carbocycles. The van der Waals surface area contributed by atoms with E-state index in [1.165, 1.54) is 0 Å². The minimum absolute atomic E-state index is 0. The fraction of sp³-hybridized carbons (Fsp3) is 0.364. The van der Waals surface area contributed by atoms with Gasteiger partial charge in [-0.25, -0.2) is 0 Å². The van der Waals surface area contributed by atoms with Gasteiger partial charge < -0.3 is 10.2 Å².